The zero-order chi connectivity index (χ0) is 18.3. The van der Waals surface area contributed by atoms with E-state index in [0.29, 0.717) is 12.0 Å². The van der Waals surface area contributed by atoms with Crippen LogP contribution in [0.4, 0.5) is 8.78 Å². The van der Waals surface area contributed by atoms with Crippen LogP contribution in [0.15, 0.2) is 18.2 Å². The van der Waals surface area contributed by atoms with Crippen LogP contribution in [-0.2, 0) is 18.3 Å². The largest absolute Gasteiger partial charge is 0.391 e. The van der Waals surface area contributed by atoms with Gasteiger partial charge in [0.05, 0.1) is 24.3 Å². The lowest BCUT2D eigenvalue weighted by atomic mass is 10.0. The minimum absolute atomic E-state index is 0.162. The maximum atomic E-state index is 13.6. The molecule has 1 amide bonds. The van der Waals surface area contributed by atoms with Crippen molar-refractivity contribution in [1.29, 1.82) is 0 Å². The van der Waals surface area contributed by atoms with Gasteiger partial charge >= 0.3 is 0 Å². The summed E-state index contributed by atoms with van der Waals surface area (Å²) in [6.45, 7) is 3.93. The number of aliphatic hydroxyl groups excluding tert-OH is 1. The SMILES string of the molecule is Cc1nn(C)c(C)c1CC(=O)N1C[C@H](O)C[C@H]1c1ccc(F)c(F)c1. The van der Waals surface area contributed by atoms with Crippen molar-refractivity contribution in [3.05, 3.63) is 52.3 Å². The molecule has 1 fully saturated rings. The number of amides is 1. The summed E-state index contributed by atoms with van der Waals surface area (Å²) < 4.78 is 28.5. The van der Waals surface area contributed by atoms with E-state index in [2.05, 4.69) is 5.10 Å². The second kappa shape index (κ2) is 6.55. The fraction of sp³-hybridized carbons (Fsp3) is 0.444. The zero-order valence-corrected chi connectivity index (χ0v) is 14.5. The number of β-amino-alcohol motifs (C(OH)–C–C–N with tert-alkyl or cyclic N) is 1. The lowest BCUT2D eigenvalue weighted by Crippen LogP contribution is -2.33. The predicted molar refractivity (Wildman–Crippen MR) is 87.8 cm³/mol. The molecule has 1 aromatic carbocycles. The van der Waals surface area contributed by atoms with Crippen molar-refractivity contribution in [2.75, 3.05) is 6.54 Å². The number of aromatic nitrogens is 2. The van der Waals surface area contributed by atoms with E-state index >= 15 is 0 Å². The molecule has 0 spiro atoms. The number of likely N-dealkylation sites (tertiary alicyclic amines) is 1. The molecule has 5 nitrogen and oxygen atoms in total. The van der Waals surface area contributed by atoms with Gasteiger partial charge in [0.15, 0.2) is 11.6 Å². The van der Waals surface area contributed by atoms with Crippen LogP contribution in [-0.4, -0.2) is 38.3 Å². The van der Waals surface area contributed by atoms with Crippen molar-refractivity contribution >= 4 is 5.91 Å². The van der Waals surface area contributed by atoms with Crippen LogP contribution in [0.1, 0.15) is 35.0 Å². The Hall–Kier alpha value is -2.28. The fourth-order valence-electron chi connectivity index (χ4n) is 3.45. The van der Waals surface area contributed by atoms with Crippen molar-refractivity contribution in [2.24, 2.45) is 7.05 Å². The Morgan fingerprint density at radius 1 is 1.32 bits per heavy atom. The van der Waals surface area contributed by atoms with Crippen molar-refractivity contribution < 1.29 is 18.7 Å². The van der Waals surface area contributed by atoms with Crippen LogP contribution in [0.5, 0.6) is 0 Å². The molecule has 0 saturated carbocycles. The monoisotopic (exact) mass is 349 g/mol. The standard InChI is InChI=1S/C18H21F2N3O2/c1-10-14(11(2)22(3)21-10)8-18(25)23-9-13(24)7-17(23)12-4-5-15(19)16(20)6-12/h4-6,13,17,24H,7-9H2,1-3H3/t13-,17+/m1/s1. The summed E-state index contributed by atoms with van der Waals surface area (Å²) in [5.41, 5.74) is 3.05. The Morgan fingerprint density at radius 2 is 2.04 bits per heavy atom. The second-order valence-electron chi connectivity index (χ2n) is 6.57. The van der Waals surface area contributed by atoms with Crippen LogP contribution in [0.25, 0.3) is 0 Å². The number of rotatable bonds is 3. The number of aliphatic hydroxyl groups is 1. The Kier molecular flexibility index (Phi) is 4.60. The van der Waals surface area contributed by atoms with E-state index in [1.165, 1.54) is 6.07 Å². The highest BCUT2D eigenvalue weighted by atomic mass is 19.2. The van der Waals surface area contributed by atoms with Crippen LogP contribution >= 0.6 is 0 Å². The summed E-state index contributed by atoms with van der Waals surface area (Å²) in [6, 6.07) is 3.14. The molecule has 0 aliphatic carbocycles. The molecule has 0 radical (unpaired) electrons. The number of halogens is 2. The Labute approximate surface area is 144 Å². The zero-order valence-electron chi connectivity index (χ0n) is 14.5. The topological polar surface area (TPSA) is 58.4 Å². The van der Waals surface area contributed by atoms with Crippen LogP contribution in [0.2, 0.25) is 0 Å². The molecular formula is C18H21F2N3O2. The average Bonchev–Trinajstić information content (AvgIpc) is 3.05. The molecule has 7 heteroatoms. The average molecular weight is 349 g/mol. The first-order chi connectivity index (χ1) is 11.8. The van der Waals surface area contributed by atoms with Crippen LogP contribution in [0, 0.1) is 25.5 Å². The van der Waals surface area contributed by atoms with Crippen molar-refractivity contribution in [1.82, 2.24) is 14.7 Å². The van der Waals surface area contributed by atoms with Crippen LogP contribution in [0.3, 0.4) is 0 Å². The van der Waals surface area contributed by atoms with Crippen LogP contribution < -0.4 is 0 Å². The molecule has 1 aromatic heterocycles. The number of nitrogens with zero attached hydrogens (tertiary/aromatic N) is 3. The molecule has 25 heavy (non-hydrogen) atoms. The molecule has 1 aliphatic rings. The van der Waals surface area contributed by atoms with Gasteiger partial charge in [-0.25, -0.2) is 8.78 Å². The summed E-state index contributed by atoms with van der Waals surface area (Å²) in [5.74, 6) is -2.04. The van der Waals surface area contributed by atoms with Gasteiger partial charge in [-0.3, -0.25) is 9.48 Å². The second-order valence-corrected chi connectivity index (χ2v) is 6.57. The fourth-order valence-corrected chi connectivity index (χ4v) is 3.45. The molecule has 1 N–H and O–H groups in total. The first kappa shape index (κ1) is 17.5. The summed E-state index contributed by atoms with van der Waals surface area (Å²) in [5, 5.41) is 14.3. The van der Waals surface area contributed by atoms with E-state index in [1.807, 2.05) is 20.9 Å². The summed E-state index contributed by atoms with van der Waals surface area (Å²) in [7, 11) is 1.82. The van der Waals surface area contributed by atoms with E-state index in [0.717, 1.165) is 29.1 Å². The molecule has 3 rings (SSSR count). The van der Waals surface area contributed by atoms with E-state index in [-0.39, 0.29) is 18.9 Å². The van der Waals surface area contributed by atoms with E-state index < -0.39 is 23.8 Å². The highest BCUT2D eigenvalue weighted by molar-refractivity contribution is 5.80. The molecule has 2 aromatic rings. The van der Waals surface area contributed by atoms with Gasteiger partial charge in [0, 0.05) is 24.8 Å². The first-order valence-corrected chi connectivity index (χ1v) is 8.19. The molecular weight excluding hydrogens is 328 g/mol. The molecule has 0 bridgehead atoms. The van der Waals surface area contributed by atoms with Gasteiger partial charge in [0.2, 0.25) is 5.91 Å². The van der Waals surface area contributed by atoms with Crippen molar-refractivity contribution in [3.8, 4) is 0 Å². The Balaban J connectivity index is 1.86. The minimum Gasteiger partial charge on any atom is -0.391 e. The van der Waals surface area contributed by atoms with Gasteiger partial charge in [-0.2, -0.15) is 5.10 Å². The predicted octanol–water partition coefficient (Wildman–Crippen LogP) is 2.19. The van der Waals surface area contributed by atoms with Gasteiger partial charge in [-0.15, -0.1) is 0 Å². The number of aryl methyl sites for hydroxylation is 2. The highest BCUT2D eigenvalue weighted by Crippen LogP contribution is 2.33. The van der Waals surface area contributed by atoms with E-state index in [1.54, 1.807) is 9.58 Å². The third-order valence-electron chi connectivity index (χ3n) is 4.91. The van der Waals surface area contributed by atoms with Gasteiger partial charge in [0.1, 0.15) is 0 Å². The molecule has 1 saturated heterocycles. The quantitative estimate of drug-likeness (QED) is 0.924. The smallest absolute Gasteiger partial charge is 0.227 e. The first-order valence-electron chi connectivity index (χ1n) is 8.19. The number of hydrogen-bond donors (Lipinski definition) is 1. The van der Waals surface area contributed by atoms with Crippen molar-refractivity contribution in [2.45, 2.75) is 38.8 Å². The maximum absolute atomic E-state index is 13.6. The summed E-state index contributed by atoms with van der Waals surface area (Å²) in [4.78, 5) is 14.4. The highest BCUT2D eigenvalue weighted by Gasteiger charge is 2.36. The van der Waals surface area contributed by atoms with E-state index in [4.69, 9.17) is 0 Å². The molecule has 134 valence electrons. The third kappa shape index (κ3) is 3.28. The minimum atomic E-state index is -0.953. The molecule has 0 unspecified atom stereocenters. The normalized spacial score (nSPS) is 20.3. The Bertz CT molecular complexity index is 819. The van der Waals surface area contributed by atoms with Crippen molar-refractivity contribution in [3.63, 3.8) is 0 Å². The lowest BCUT2D eigenvalue weighted by Gasteiger charge is -2.25. The van der Waals surface area contributed by atoms with Gasteiger partial charge in [-0.05, 0) is 38.0 Å². The van der Waals surface area contributed by atoms with Gasteiger partial charge < -0.3 is 10.0 Å². The molecule has 1 aliphatic heterocycles. The maximum Gasteiger partial charge on any atom is 0.227 e. The Morgan fingerprint density at radius 3 is 2.64 bits per heavy atom. The summed E-state index contributed by atoms with van der Waals surface area (Å²) in [6.07, 6.45) is -0.210. The number of carbonyl (C=O) groups excluding carboxylic acids is 1. The number of benzene rings is 1. The van der Waals surface area contributed by atoms with E-state index in [9.17, 15) is 18.7 Å². The molecule has 2 atom stereocenters. The third-order valence-corrected chi connectivity index (χ3v) is 4.91. The summed E-state index contributed by atoms with van der Waals surface area (Å²) >= 11 is 0. The van der Waals surface area contributed by atoms with Gasteiger partial charge in [-0.1, -0.05) is 6.07 Å². The number of carbonyl (C=O) groups is 1. The lowest BCUT2D eigenvalue weighted by molar-refractivity contribution is -0.131. The number of hydrogen-bond acceptors (Lipinski definition) is 3. The molecule has 2 heterocycles. The van der Waals surface area contributed by atoms with Gasteiger partial charge in [0.25, 0.3) is 0 Å².